The van der Waals surface area contributed by atoms with Crippen molar-refractivity contribution >= 4 is 11.5 Å². The Bertz CT molecular complexity index is 507. The van der Waals surface area contributed by atoms with E-state index in [2.05, 4.69) is 46.9 Å². The monoisotopic (exact) mass is 314 g/mol. The van der Waals surface area contributed by atoms with Crippen molar-refractivity contribution in [2.45, 2.75) is 39.2 Å². The van der Waals surface area contributed by atoms with Crippen LogP contribution in [-0.4, -0.2) is 55.2 Å². The van der Waals surface area contributed by atoms with Gasteiger partial charge in [0.15, 0.2) is 0 Å². The van der Waals surface area contributed by atoms with Gasteiger partial charge in [0.05, 0.1) is 11.9 Å². The average Bonchev–Trinajstić information content (AvgIpc) is 3.17. The fraction of sp³-hybridized carbons (Fsp3) is 0.737. The third-order valence-corrected chi connectivity index (χ3v) is 6.19. The molecule has 4 nitrogen and oxygen atoms in total. The molecule has 0 amide bonds. The Morgan fingerprint density at radius 1 is 0.957 bits per heavy atom. The van der Waals surface area contributed by atoms with E-state index in [1.54, 1.807) is 0 Å². The van der Waals surface area contributed by atoms with Gasteiger partial charge in [-0.3, -0.25) is 4.90 Å². The maximum atomic E-state index is 4.79. The zero-order chi connectivity index (χ0) is 15.8. The fourth-order valence-electron chi connectivity index (χ4n) is 4.67. The molecule has 4 rings (SSSR count). The van der Waals surface area contributed by atoms with Crippen LogP contribution in [0.3, 0.4) is 0 Å². The van der Waals surface area contributed by atoms with E-state index in [0.29, 0.717) is 6.04 Å². The van der Waals surface area contributed by atoms with Crippen LogP contribution in [0.4, 0.5) is 11.5 Å². The largest absolute Gasteiger partial charge is 0.368 e. The molecule has 0 spiro atoms. The first-order valence-electron chi connectivity index (χ1n) is 9.40. The molecule has 0 bridgehead atoms. The molecule has 0 radical (unpaired) electrons. The lowest BCUT2D eigenvalue weighted by Crippen LogP contribution is -2.48. The summed E-state index contributed by atoms with van der Waals surface area (Å²) in [6.07, 6.45) is 6.39. The minimum Gasteiger partial charge on any atom is -0.368 e. The smallest absolute Gasteiger partial charge is 0.128 e. The molecule has 23 heavy (non-hydrogen) atoms. The highest BCUT2D eigenvalue weighted by atomic mass is 15.3. The summed E-state index contributed by atoms with van der Waals surface area (Å²) < 4.78 is 0. The van der Waals surface area contributed by atoms with E-state index in [4.69, 9.17) is 4.98 Å². The Hall–Kier alpha value is -1.29. The number of rotatable bonds is 3. The summed E-state index contributed by atoms with van der Waals surface area (Å²) >= 11 is 0. The predicted molar refractivity (Wildman–Crippen MR) is 96.2 cm³/mol. The van der Waals surface area contributed by atoms with Crippen LogP contribution < -0.4 is 9.80 Å². The quantitative estimate of drug-likeness (QED) is 0.855. The van der Waals surface area contributed by atoms with E-state index in [1.807, 2.05) is 0 Å². The zero-order valence-electron chi connectivity index (χ0n) is 14.6. The maximum Gasteiger partial charge on any atom is 0.128 e. The van der Waals surface area contributed by atoms with Crippen LogP contribution in [0.15, 0.2) is 18.3 Å². The Morgan fingerprint density at radius 2 is 1.65 bits per heavy atom. The van der Waals surface area contributed by atoms with Crippen LogP contribution in [0.2, 0.25) is 0 Å². The molecule has 3 heterocycles. The summed E-state index contributed by atoms with van der Waals surface area (Å²) in [7, 11) is 0. The van der Waals surface area contributed by atoms with E-state index in [9.17, 15) is 0 Å². The van der Waals surface area contributed by atoms with E-state index in [-0.39, 0.29) is 0 Å². The number of hydrogen-bond acceptors (Lipinski definition) is 4. The lowest BCUT2D eigenvalue weighted by Gasteiger charge is -2.38. The van der Waals surface area contributed by atoms with Gasteiger partial charge in [-0.2, -0.15) is 0 Å². The second-order valence-electron chi connectivity index (χ2n) is 7.85. The van der Waals surface area contributed by atoms with Gasteiger partial charge in [-0.1, -0.05) is 6.42 Å². The predicted octanol–water partition coefficient (Wildman–Crippen LogP) is 2.85. The number of hydrogen-bond donors (Lipinski definition) is 0. The third-order valence-electron chi connectivity index (χ3n) is 6.19. The van der Waals surface area contributed by atoms with Crippen molar-refractivity contribution in [3.8, 4) is 0 Å². The molecule has 2 atom stereocenters. The lowest BCUT2D eigenvalue weighted by atomic mass is 10.0. The molecule has 1 aromatic rings. The van der Waals surface area contributed by atoms with Crippen LogP contribution >= 0.6 is 0 Å². The first-order chi connectivity index (χ1) is 11.2. The molecule has 1 aromatic heterocycles. The van der Waals surface area contributed by atoms with Crippen LogP contribution in [0.1, 0.15) is 33.1 Å². The first kappa shape index (κ1) is 15.3. The van der Waals surface area contributed by atoms with E-state index in [0.717, 1.165) is 38.0 Å². The summed E-state index contributed by atoms with van der Waals surface area (Å²) in [4.78, 5) is 12.3. The van der Waals surface area contributed by atoms with Crippen molar-refractivity contribution in [3.05, 3.63) is 18.3 Å². The topological polar surface area (TPSA) is 22.6 Å². The molecule has 4 heteroatoms. The van der Waals surface area contributed by atoms with Gasteiger partial charge in [0.1, 0.15) is 5.82 Å². The highest BCUT2D eigenvalue weighted by molar-refractivity contribution is 5.51. The Labute approximate surface area is 140 Å². The van der Waals surface area contributed by atoms with Crippen molar-refractivity contribution in [3.63, 3.8) is 0 Å². The summed E-state index contributed by atoms with van der Waals surface area (Å²) in [5.74, 6) is 3.05. The third kappa shape index (κ3) is 3.06. The molecule has 2 unspecified atom stereocenters. The van der Waals surface area contributed by atoms with E-state index < -0.39 is 0 Å². The van der Waals surface area contributed by atoms with Crippen molar-refractivity contribution in [2.24, 2.45) is 11.8 Å². The number of anilines is 2. The standard InChI is InChI=1S/C19H30N4/c1-15(2)21-8-10-22(11-9-21)18-6-7-19(20-12-18)23-13-16-4-3-5-17(16)14-23/h6-7,12,15-17H,3-5,8-11,13-14H2,1-2H3. The van der Waals surface area contributed by atoms with Crippen molar-refractivity contribution < 1.29 is 0 Å². The minimum atomic E-state index is 0.660. The van der Waals surface area contributed by atoms with Crippen LogP contribution in [0, 0.1) is 11.8 Å². The zero-order valence-corrected chi connectivity index (χ0v) is 14.6. The highest BCUT2D eigenvalue weighted by Crippen LogP contribution is 2.39. The molecule has 3 fully saturated rings. The minimum absolute atomic E-state index is 0.660. The summed E-state index contributed by atoms with van der Waals surface area (Å²) in [6, 6.07) is 5.18. The number of aromatic nitrogens is 1. The fourth-order valence-corrected chi connectivity index (χ4v) is 4.67. The van der Waals surface area contributed by atoms with Gasteiger partial charge in [-0.05, 0) is 50.7 Å². The average molecular weight is 314 g/mol. The SMILES string of the molecule is CC(C)N1CCN(c2ccc(N3CC4CCCC4C3)nc2)CC1. The first-order valence-corrected chi connectivity index (χ1v) is 9.40. The lowest BCUT2D eigenvalue weighted by molar-refractivity contribution is 0.209. The number of piperazine rings is 1. The number of pyridine rings is 1. The van der Waals surface area contributed by atoms with Gasteiger partial charge in [0.25, 0.3) is 0 Å². The molecule has 2 aliphatic heterocycles. The molecule has 0 N–H and O–H groups in total. The molecule has 0 aromatic carbocycles. The maximum absolute atomic E-state index is 4.79. The molecular weight excluding hydrogens is 284 g/mol. The Balaban J connectivity index is 1.37. The second kappa shape index (κ2) is 6.31. The van der Waals surface area contributed by atoms with Gasteiger partial charge in [0.2, 0.25) is 0 Å². The summed E-state index contributed by atoms with van der Waals surface area (Å²) in [6.45, 7) is 11.6. The molecule has 1 aliphatic carbocycles. The van der Waals surface area contributed by atoms with Crippen LogP contribution in [0.25, 0.3) is 0 Å². The molecular formula is C19H30N4. The molecule has 3 aliphatic rings. The normalized spacial score (nSPS) is 28.7. The summed E-state index contributed by atoms with van der Waals surface area (Å²) in [5, 5.41) is 0. The van der Waals surface area contributed by atoms with E-state index >= 15 is 0 Å². The number of nitrogens with zero attached hydrogens (tertiary/aromatic N) is 4. The van der Waals surface area contributed by atoms with E-state index in [1.165, 1.54) is 43.9 Å². The molecule has 2 saturated heterocycles. The Kier molecular flexibility index (Phi) is 4.18. The van der Waals surface area contributed by atoms with Crippen molar-refractivity contribution in [1.29, 1.82) is 0 Å². The molecule has 1 saturated carbocycles. The summed E-state index contributed by atoms with van der Waals surface area (Å²) in [5.41, 5.74) is 1.29. The van der Waals surface area contributed by atoms with Gasteiger partial charge in [-0.15, -0.1) is 0 Å². The van der Waals surface area contributed by atoms with Crippen LogP contribution in [-0.2, 0) is 0 Å². The van der Waals surface area contributed by atoms with Crippen molar-refractivity contribution in [1.82, 2.24) is 9.88 Å². The van der Waals surface area contributed by atoms with Gasteiger partial charge >= 0.3 is 0 Å². The number of fused-ring (bicyclic) bond motifs is 1. The van der Waals surface area contributed by atoms with Crippen molar-refractivity contribution in [2.75, 3.05) is 49.1 Å². The van der Waals surface area contributed by atoms with Gasteiger partial charge < -0.3 is 9.80 Å². The van der Waals surface area contributed by atoms with Crippen LogP contribution in [0.5, 0.6) is 0 Å². The van der Waals surface area contributed by atoms with Gasteiger partial charge in [-0.25, -0.2) is 4.98 Å². The Morgan fingerprint density at radius 3 is 2.22 bits per heavy atom. The second-order valence-corrected chi connectivity index (χ2v) is 7.85. The molecule has 126 valence electrons. The van der Waals surface area contributed by atoms with Gasteiger partial charge in [0, 0.05) is 45.3 Å². The highest BCUT2D eigenvalue weighted by Gasteiger charge is 2.36.